The van der Waals surface area contributed by atoms with Crippen molar-refractivity contribution in [1.29, 1.82) is 0 Å². The summed E-state index contributed by atoms with van der Waals surface area (Å²) in [6, 6.07) is 14.6. The van der Waals surface area contributed by atoms with E-state index in [2.05, 4.69) is 15.3 Å². The van der Waals surface area contributed by atoms with E-state index in [0.717, 1.165) is 27.9 Å². The Balaban J connectivity index is 1.46. The number of nitrogens with zero attached hydrogens (tertiary/aromatic N) is 1. The summed E-state index contributed by atoms with van der Waals surface area (Å²) >= 11 is 7.46. The van der Waals surface area contributed by atoms with Crippen LogP contribution in [0.1, 0.15) is 10.4 Å². The number of carbonyl (C=O) groups excluding carboxylic acids is 1. The molecule has 134 valence electrons. The normalized spacial score (nSPS) is 10.5. The molecule has 0 saturated carbocycles. The van der Waals surface area contributed by atoms with Gasteiger partial charge in [0.25, 0.3) is 5.91 Å². The first-order valence-electron chi connectivity index (χ1n) is 8.02. The number of nitrogens with one attached hydrogen (secondary N) is 2. The largest absolute Gasteiger partial charge is 0.497 e. The first-order chi connectivity index (χ1) is 12.7. The SMILES string of the molecule is COc1ccc(C(=O)NCCSc2ncc(-c3ccc(Cl)cc3)[nH]2)cc1. The van der Waals surface area contributed by atoms with E-state index in [1.165, 1.54) is 0 Å². The van der Waals surface area contributed by atoms with Gasteiger partial charge >= 0.3 is 0 Å². The second kappa shape index (κ2) is 8.78. The van der Waals surface area contributed by atoms with E-state index in [4.69, 9.17) is 16.3 Å². The number of rotatable bonds is 7. The molecule has 0 radical (unpaired) electrons. The van der Waals surface area contributed by atoms with Crippen LogP contribution in [-0.4, -0.2) is 35.3 Å². The topological polar surface area (TPSA) is 67.0 Å². The molecule has 3 rings (SSSR count). The highest BCUT2D eigenvalue weighted by Gasteiger charge is 2.07. The molecule has 1 heterocycles. The third-order valence-corrected chi connectivity index (χ3v) is 4.83. The fraction of sp³-hybridized carbons (Fsp3) is 0.158. The van der Waals surface area contributed by atoms with Gasteiger partial charge in [-0.3, -0.25) is 4.79 Å². The summed E-state index contributed by atoms with van der Waals surface area (Å²) < 4.78 is 5.08. The Bertz CT molecular complexity index is 863. The molecule has 2 N–H and O–H groups in total. The van der Waals surface area contributed by atoms with Crippen LogP contribution in [0.5, 0.6) is 5.75 Å². The zero-order chi connectivity index (χ0) is 18.4. The van der Waals surface area contributed by atoms with Crippen LogP contribution < -0.4 is 10.1 Å². The Morgan fingerprint density at radius 2 is 1.92 bits per heavy atom. The highest BCUT2D eigenvalue weighted by molar-refractivity contribution is 7.99. The summed E-state index contributed by atoms with van der Waals surface area (Å²) in [5.41, 5.74) is 2.58. The molecule has 0 atom stereocenters. The number of benzene rings is 2. The van der Waals surface area contributed by atoms with Crippen LogP contribution in [0.2, 0.25) is 5.02 Å². The number of thioether (sulfide) groups is 1. The van der Waals surface area contributed by atoms with Gasteiger partial charge in [0.15, 0.2) is 5.16 Å². The van der Waals surface area contributed by atoms with E-state index in [1.807, 2.05) is 24.3 Å². The summed E-state index contributed by atoms with van der Waals surface area (Å²) in [5, 5.41) is 4.41. The first kappa shape index (κ1) is 18.4. The van der Waals surface area contributed by atoms with E-state index >= 15 is 0 Å². The maximum absolute atomic E-state index is 12.1. The molecular formula is C19H18ClN3O2S. The van der Waals surface area contributed by atoms with Crippen LogP contribution in [0, 0.1) is 0 Å². The summed E-state index contributed by atoms with van der Waals surface area (Å²) in [4.78, 5) is 19.7. The van der Waals surface area contributed by atoms with E-state index < -0.39 is 0 Å². The minimum Gasteiger partial charge on any atom is -0.497 e. The number of ether oxygens (including phenoxy) is 1. The molecule has 0 aliphatic carbocycles. The molecule has 26 heavy (non-hydrogen) atoms. The Hall–Kier alpha value is -2.44. The van der Waals surface area contributed by atoms with Gasteiger partial charge in [-0.15, -0.1) is 0 Å². The summed E-state index contributed by atoms with van der Waals surface area (Å²) in [5.74, 6) is 1.34. The molecule has 7 heteroatoms. The lowest BCUT2D eigenvalue weighted by Gasteiger charge is -2.05. The van der Waals surface area contributed by atoms with Crippen LogP contribution in [0.3, 0.4) is 0 Å². The number of carbonyl (C=O) groups is 1. The van der Waals surface area contributed by atoms with Crippen molar-refractivity contribution in [1.82, 2.24) is 15.3 Å². The van der Waals surface area contributed by atoms with E-state index in [1.54, 1.807) is 49.3 Å². The number of hydrogen-bond donors (Lipinski definition) is 2. The van der Waals surface area contributed by atoms with Crippen LogP contribution in [0.4, 0.5) is 0 Å². The van der Waals surface area contributed by atoms with Crippen molar-refractivity contribution >= 4 is 29.3 Å². The molecule has 0 fully saturated rings. The molecule has 0 unspecified atom stereocenters. The van der Waals surface area contributed by atoms with Crippen molar-refractivity contribution in [2.24, 2.45) is 0 Å². The van der Waals surface area contributed by atoms with Gasteiger partial charge in [-0.25, -0.2) is 4.98 Å². The van der Waals surface area contributed by atoms with E-state index in [0.29, 0.717) is 17.1 Å². The minimum atomic E-state index is -0.102. The Labute approximate surface area is 161 Å². The quantitative estimate of drug-likeness (QED) is 0.469. The third-order valence-electron chi connectivity index (χ3n) is 3.69. The molecule has 3 aromatic rings. The summed E-state index contributed by atoms with van der Waals surface area (Å²) in [7, 11) is 1.60. The van der Waals surface area contributed by atoms with Gasteiger partial charge in [0, 0.05) is 22.9 Å². The highest BCUT2D eigenvalue weighted by Crippen LogP contribution is 2.22. The number of methoxy groups -OCH3 is 1. The lowest BCUT2D eigenvalue weighted by molar-refractivity contribution is 0.0956. The van der Waals surface area contributed by atoms with Crippen molar-refractivity contribution in [2.75, 3.05) is 19.4 Å². The molecule has 2 aromatic carbocycles. The lowest BCUT2D eigenvalue weighted by Crippen LogP contribution is -2.25. The molecular weight excluding hydrogens is 370 g/mol. The number of aromatic nitrogens is 2. The van der Waals surface area contributed by atoms with Gasteiger partial charge in [-0.2, -0.15) is 0 Å². The number of imidazole rings is 1. The van der Waals surface area contributed by atoms with Crippen LogP contribution in [-0.2, 0) is 0 Å². The van der Waals surface area contributed by atoms with Crippen molar-refractivity contribution in [3.05, 3.63) is 65.3 Å². The highest BCUT2D eigenvalue weighted by atomic mass is 35.5. The van der Waals surface area contributed by atoms with Gasteiger partial charge in [0.1, 0.15) is 5.75 Å². The van der Waals surface area contributed by atoms with Crippen molar-refractivity contribution < 1.29 is 9.53 Å². The average Bonchev–Trinajstić information content (AvgIpc) is 3.14. The number of H-pyrrole nitrogens is 1. The number of amides is 1. The zero-order valence-corrected chi connectivity index (χ0v) is 15.7. The number of halogens is 1. The number of hydrogen-bond acceptors (Lipinski definition) is 4. The first-order valence-corrected chi connectivity index (χ1v) is 9.38. The maximum Gasteiger partial charge on any atom is 0.251 e. The van der Waals surface area contributed by atoms with Crippen LogP contribution in [0.25, 0.3) is 11.3 Å². The zero-order valence-electron chi connectivity index (χ0n) is 14.2. The van der Waals surface area contributed by atoms with Gasteiger partial charge in [0.2, 0.25) is 0 Å². The Morgan fingerprint density at radius 3 is 2.62 bits per heavy atom. The molecule has 5 nitrogen and oxygen atoms in total. The Kier molecular flexibility index (Phi) is 6.20. The van der Waals surface area contributed by atoms with Gasteiger partial charge in [-0.1, -0.05) is 35.5 Å². The molecule has 0 saturated heterocycles. The molecule has 1 aromatic heterocycles. The molecule has 0 bridgehead atoms. The fourth-order valence-electron chi connectivity index (χ4n) is 2.31. The second-order valence-corrected chi connectivity index (χ2v) is 6.96. The van der Waals surface area contributed by atoms with Crippen molar-refractivity contribution in [2.45, 2.75) is 5.16 Å². The van der Waals surface area contributed by atoms with Crippen molar-refractivity contribution in [3.63, 3.8) is 0 Å². The molecule has 0 spiro atoms. The van der Waals surface area contributed by atoms with E-state index in [-0.39, 0.29) is 5.91 Å². The Morgan fingerprint density at radius 1 is 1.19 bits per heavy atom. The predicted molar refractivity (Wildman–Crippen MR) is 105 cm³/mol. The van der Waals surface area contributed by atoms with Crippen LogP contribution >= 0.6 is 23.4 Å². The summed E-state index contributed by atoms with van der Waals surface area (Å²) in [6.07, 6.45) is 1.79. The smallest absolute Gasteiger partial charge is 0.251 e. The van der Waals surface area contributed by atoms with Crippen LogP contribution in [0.15, 0.2) is 59.9 Å². The fourth-order valence-corrected chi connectivity index (χ4v) is 3.14. The van der Waals surface area contributed by atoms with E-state index in [9.17, 15) is 4.79 Å². The lowest BCUT2D eigenvalue weighted by atomic mass is 10.2. The predicted octanol–water partition coefficient (Wildman–Crippen LogP) is 4.26. The van der Waals surface area contributed by atoms with Gasteiger partial charge in [-0.05, 0) is 42.0 Å². The molecule has 0 aliphatic rings. The van der Waals surface area contributed by atoms with Gasteiger partial charge in [0.05, 0.1) is 19.0 Å². The minimum absolute atomic E-state index is 0.102. The average molecular weight is 388 g/mol. The maximum atomic E-state index is 12.1. The standard InChI is InChI=1S/C19H18ClN3O2S/c1-25-16-8-4-14(5-9-16)18(24)21-10-11-26-19-22-12-17(23-19)13-2-6-15(20)7-3-13/h2-9,12H,10-11H2,1H3,(H,21,24)(H,22,23). The molecule has 1 amide bonds. The monoisotopic (exact) mass is 387 g/mol. The molecule has 0 aliphatic heterocycles. The number of aromatic amines is 1. The van der Waals surface area contributed by atoms with Gasteiger partial charge < -0.3 is 15.0 Å². The third kappa shape index (κ3) is 4.80. The second-order valence-electron chi connectivity index (χ2n) is 5.44. The van der Waals surface area contributed by atoms with Crippen molar-refractivity contribution in [3.8, 4) is 17.0 Å². The summed E-state index contributed by atoms with van der Waals surface area (Å²) in [6.45, 7) is 0.548.